The van der Waals surface area contributed by atoms with Gasteiger partial charge in [-0.3, -0.25) is 4.79 Å². The first kappa shape index (κ1) is 26.5. The molecule has 1 aliphatic rings. The van der Waals surface area contributed by atoms with Crippen molar-refractivity contribution in [1.82, 2.24) is 4.90 Å². The van der Waals surface area contributed by atoms with Gasteiger partial charge in [0, 0.05) is 19.0 Å². The van der Waals surface area contributed by atoms with Crippen molar-refractivity contribution >= 4 is 5.91 Å². The van der Waals surface area contributed by atoms with Crippen LogP contribution in [0.3, 0.4) is 0 Å². The highest BCUT2D eigenvalue weighted by molar-refractivity contribution is 5.78. The molecule has 1 saturated heterocycles. The van der Waals surface area contributed by atoms with Gasteiger partial charge in [0.1, 0.15) is 0 Å². The van der Waals surface area contributed by atoms with Gasteiger partial charge in [-0.2, -0.15) is 0 Å². The molecule has 0 bridgehead atoms. The van der Waals surface area contributed by atoms with E-state index in [2.05, 4.69) is 32.6 Å². The Morgan fingerprint density at radius 3 is 2.03 bits per heavy atom. The van der Waals surface area contributed by atoms with Gasteiger partial charge in [-0.1, -0.05) is 111 Å². The number of carbonyl (C=O) groups excluding carboxylic acids is 1. The van der Waals surface area contributed by atoms with Crippen LogP contribution in [0.15, 0.2) is 0 Å². The van der Waals surface area contributed by atoms with Gasteiger partial charge in [0.2, 0.25) is 5.91 Å². The summed E-state index contributed by atoms with van der Waals surface area (Å²) in [4.78, 5) is 15.3. The van der Waals surface area contributed by atoms with Crippen molar-refractivity contribution in [1.29, 1.82) is 0 Å². The van der Waals surface area contributed by atoms with Crippen LogP contribution in [-0.2, 0) is 4.79 Å². The van der Waals surface area contributed by atoms with Crippen LogP contribution in [-0.4, -0.2) is 23.9 Å². The number of nitrogens with zero attached hydrogens (tertiary/aromatic N) is 1. The number of hydrogen-bond donors (Lipinski definition) is 0. The Hall–Kier alpha value is -0.530. The van der Waals surface area contributed by atoms with Crippen molar-refractivity contribution in [2.75, 3.05) is 13.1 Å². The van der Waals surface area contributed by atoms with Gasteiger partial charge in [-0.25, -0.2) is 0 Å². The lowest BCUT2D eigenvalue weighted by molar-refractivity contribution is -0.137. The Bertz CT molecular complexity index is 386. The third-order valence-corrected chi connectivity index (χ3v) is 7.34. The van der Waals surface area contributed by atoms with Crippen molar-refractivity contribution in [2.24, 2.45) is 17.8 Å². The van der Waals surface area contributed by atoms with Gasteiger partial charge >= 0.3 is 0 Å². The number of likely N-dealkylation sites (tertiary alicyclic amines) is 1. The normalized spacial score (nSPS) is 17.4. The molecule has 0 aliphatic carbocycles. The third-order valence-electron chi connectivity index (χ3n) is 7.34. The van der Waals surface area contributed by atoms with Gasteiger partial charge < -0.3 is 4.90 Å². The monoisotopic (exact) mass is 407 g/mol. The molecular formula is C27H53NO. The molecule has 0 radical (unpaired) electrons. The molecule has 0 aromatic heterocycles. The number of rotatable bonds is 17. The molecule has 2 nitrogen and oxygen atoms in total. The predicted molar refractivity (Wildman–Crippen MR) is 128 cm³/mol. The van der Waals surface area contributed by atoms with E-state index in [0.717, 1.165) is 44.2 Å². The lowest BCUT2D eigenvalue weighted by atomic mass is 9.88. The van der Waals surface area contributed by atoms with E-state index in [1.165, 1.54) is 89.9 Å². The van der Waals surface area contributed by atoms with Crippen molar-refractivity contribution in [3.05, 3.63) is 0 Å². The van der Waals surface area contributed by atoms with Gasteiger partial charge in [0.25, 0.3) is 0 Å². The molecule has 0 aromatic carbocycles. The van der Waals surface area contributed by atoms with E-state index in [-0.39, 0.29) is 0 Å². The maximum Gasteiger partial charge on any atom is 0.225 e. The van der Waals surface area contributed by atoms with E-state index in [1.54, 1.807) is 0 Å². The predicted octanol–water partition coefficient (Wildman–Crippen LogP) is 8.39. The van der Waals surface area contributed by atoms with E-state index in [4.69, 9.17) is 0 Å². The van der Waals surface area contributed by atoms with Gasteiger partial charge in [0.15, 0.2) is 0 Å². The number of carbonyl (C=O) groups is 1. The Morgan fingerprint density at radius 2 is 1.41 bits per heavy atom. The summed E-state index contributed by atoms with van der Waals surface area (Å²) in [5, 5.41) is 0. The quantitative estimate of drug-likeness (QED) is 0.222. The van der Waals surface area contributed by atoms with E-state index in [9.17, 15) is 4.79 Å². The van der Waals surface area contributed by atoms with Crippen LogP contribution in [0.25, 0.3) is 0 Å². The largest absolute Gasteiger partial charge is 0.342 e. The summed E-state index contributed by atoms with van der Waals surface area (Å²) in [6, 6.07) is 0. The fourth-order valence-electron chi connectivity index (χ4n) is 5.17. The van der Waals surface area contributed by atoms with E-state index < -0.39 is 0 Å². The van der Waals surface area contributed by atoms with Crippen molar-refractivity contribution in [3.63, 3.8) is 0 Å². The van der Waals surface area contributed by atoms with E-state index in [0.29, 0.717) is 11.8 Å². The molecule has 172 valence electrons. The Labute approximate surface area is 183 Å². The summed E-state index contributed by atoms with van der Waals surface area (Å²) in [5.41, 5.74) is 0. The van der Waals surface area contributed by atoms with Crippen LogP contribution in [0.2, 0.25) is 0 Å². The first-order valence-electron chi connectivity index (χ1n) is 13.4. The molecule has 0 N–H and O–H groups in total. The second kappa shape index (κ2) is 17.2. The summed E-state index contributed by atoms with van der Waals surface area (Å²) in [7, 11) is 0. The average Bonchev–Trinajstić information content (AvgIpc) is 2.75. The van der Waals surface area contributed by atoms with Crippen LogP contribution in [0, 0.1) is 17.8 Å². The summed E-state index contributed by atoms with van der Waals surface area (Å²) in [6.07, 6.45) is 22.1. The van der Waals surface area contributed by atoms with Gasteiger partial charge in [-0.15, -0.1) is 0 Å². The van der Waals surface area contributed by atoms with E-state index >= 15 is 0 Å². The van der Waals surface area contributed by atoms with Crippen LogP contribution in [0.1, 0.15) is 137 Å². The minimum atomic E-state index is 0.294. The zero-order chi connectivity index (χ0) is 21.3. The van der Waals surface area contributed by atoms with Crippen LogP contribution < -0.4 is 0 Å². The molecule has 1 rings (SSSR count). The zero-order valence-corrected chi connectivity index (χ0v) is 20.5. The summed E-state index contributed by atoms with van der Waals surface area (Å²) < 4.78 is 0. The minimum Gasteiger partial charge on any atom is -0.342 e. The molecule has 1 amide bonds. The standard InChI is InChI=1S/C27H53NO/c1-5-9-11-12-19-26(15-7-3)27(29)28-22-20-25(21-23-28)18-14-13-17-24(8-4)16-10-6-2/h24-26H,5-23H2,1-4H3. The van der Waals surface area contributed by atoms with Crippen molar-refractivity contribution in [3.8, 4) is 0 Å². The summed E-state index contributed by atoms with van der Waals surface area (Å²) in [6.45, 7) is 11.2. The summed E-state index contributed by atoms with van der Waals surface area (Å²) in [5.74, 6) is 2.59. The summed E-state index contributed by atoms with van der Waals surface area (Å²) >= 11 is 0. The smallest absolute Gasteiger partial charge is 0.225 e. The van der Waals surface area contributed by atoms with Gasteiger partial charge in [-0.05, 0) is 37.5 Å². The first-order valence-corrected chi connectivity index (χ1v) is 13.4. The Balaban J connectivity index is 2.25. The average molecular weight is 408 g/mol. The highest BCUT2D eigenvalue weighted by Crippen LogP contribution is 2.27. The molecule has 0 spiro atoms. The maximum atomic E-state index is 13.0. The Kier molecular flexibility index (Phi) is 15.7. The highest BCUT2D eigenvalue weighted by Gasteiger charge is 2.27. The number of amides is 1. The molecule has 1 fully saturated rings. The van der Waals surface area contributed by atoms with Crippen LogP contribution >= 0.6 is 0 Å². The Morgan fingerprint density at radius 1 is 0.759 bits per heavy atom. The molecule has 0 aromatic rings. The maximum absolute atomic E-state index is 13.0. The number of piperidine rings is 1. The molecular weight excluding hydrogens is 354 g/mol. The highest BCUT2D eigenvalue weighted by atomic mass is 16.2. The topological polar surface area (TPSA) is 20.3 Å². The molecule has 29 heavy (non-hydrogen) atoms. The fraction of sp³-hybridized carbons (Fsp3) is 0.963. The molecule has 1 aliphatic heterocycles. The molecule has 1 heterocycles. The number of hydrogen-bond acceptors (Lipinski definition) is 1. The fourth-order valence-corrected chi connectivity index (χ4v) is 5.17. The molecule has 2 unspecified atom stereocenters. The van der Waals surface area contributed by atoms with Crippen LogP contribution in [0.5, 0.6) is 0 Å². The van der Waals surface area contributed by atoms with Crippen LogP contribution in [0.4, 0.5) is 0 Å². The minimum absolute atomic E-state index is 0.294. The van der Waals surface area contributed by atoms with Gasteiger partial charge in [0.05, 0.1) is 0 Å². The lowest BCUT2D eigenvalue weighted by Crippen LogP contribution is -2.41. The molecule has 2 heteroatoms. The van der Waals surface area contributed by atoms with Crippen molar-refractivity contribution < 1.29 is 4.79 Å². The number of unbranched alkanes of at least 4 members (excludes halogenated alkanes) is 5. The lowest BCUT2D eigenvalue weighted by Gasteiger charge is -2.34. The first-order chi connectivity index (χ1) is 14.2. The third kappa shape index (κ3) is 11.4. The van der Waals surface area contributed by atoms with E-state index in [1.807, 2.05) is 0 Å². The second-order valence-electron chi connectivity index (χ2n) is 9.80. The molecule has 0 saturated carbocycles. The molecule has 2 atom stereocenters. The van der Waals surface area contributed by atoms with Crippen molar-refractivity contribution in [2.45, 2.75) is 137 Å². The second-order valence-corrected chi connectivity index (χ2v) is 9.80. The SMILES string of the molecule is CCCCCCC(CCC)C(=O)N1CCC(CCCCC(CC)CCCC)CC1. The zero-order valence-electron chi connectivity index (χ0n) is 20.5.